The molecule has 6 heteroatoms. The topological polar surface area (TPSA) is 87.7 Å². The molecule has 0 fully saturated rings. The molecule has 0 radical (unpaired) electrons. The number of rotatable bonds is 8. The van der Waals surface area contributed by atoms with E-state index in [2.05, 4.69) is 10.6 Å². The molecule has 118 valence electrons. The van der Waals surface area contributed by atoms with Crippen LogP contribution < -0.4 is 10.6 Å². The molecule has 6 nitrogen and oxygen atoms in total. The third-order valence-electron chi connectivity index (χ3n) is 2.70. The van der Waals surface area contributed by atoms with Crippen molar-refractivity contribution in [3.63, 3.8) is 0 Å². The van der Waals surface area contributed by atoms with Crippen molar-refractivity contribution in [2.75, 3.05) is 13.2 Å². The number of carboxylic acid groups (broad SMARTS) is 1. The molecule has 0 spiro atoms. The highest BCUT2D eigenvalue weighted by atomic mass is 16.5. The Morgan fingerprint density at radius 1 is 1.20 bits per heavy atom. The van der Waals surface area contributed by atoms with Crippen LogP contribution >= 0.6 is 0 Å². The van der Waals surface area contributed by atoms with Gasteiger partial charge in [0, 0.05) is 13.2 Å². The summed E-state index contributed by atoms with van der Waals surface area (Å²) in [6.07, 6.45) is 1.88. The number of amides is 2. The van der Waals surface area contributed by atoms with Gasteiger partial charge in [-0.1, -0.05) is 20.8 Å². The lowest BCUT2D eigenvalue weighted by atomic mass is 9.87. The van der Waals surface area contributed by atoms with E-state index in [-0.39, 0.29) is 6.10 Å². The second-order valence-corrected chi connectivity index (χ2v) is 6.16. The maximum absolute atomic E-state index is 11.6. The summed E-state index contributed by atoms with van der Waals surface area (Å²) in [5.74, 6) is -1.03. The standard InChI is InChI=1S/C14H28N2O4/c1-10(2)20-9-7-6-8-15-13(19)16-11(12(17)18)14(3,4)5/h10-11H,6-9H2,1-5H3,(H,17,18)(H2,15,16,19)/t11-/m1/s1. The lowest BCUT2D eigenvalue weighted by Crippen LogP contribution is -2.52. The van der Waals surface area contributed by atoms with Gasteiger partial charge in [-0.2, -0.15) is 0 Å². The molecule has 0 aromatic carbocycles. The zero-order chi connectivity index (χ0) is 15.8. The Hall–Kier alpha value is -1.30. The quantitative estimate of drug-likeness (QED) is 0.596. The van der Waals surface area contributed by atoms with Crippen LogP contribution in [0.25, 0.3) is 0 Å². The van der Waals surface area contributed by atoms with Crippen LogP contribution in [0.5, 0.6) is 0 Å². The van der Waals surface area contributed by atoms with Crippen LogP contribution in [-0.2, 0) is 9.53 Å². The van der Waals surface area contributed by atoms with Crippen LogP contribution in [0.2, 0.25) is 0 Å². The van der Waals surface area contributed by atoms with Crippen molar-refractivity contribution in [1.82, 2.24) is 10.6 Å². The number of hydrogen-bond acceptors (Lipinski definition) is 3. The number of nitrogens with one attached hydrogen (secondary N) is 2. The number of hydrogen-bond donors (Lipinski definition) is 3. The summed E-state index contributed by atoms with van der Waals surface area (Å²) < 4.78 is 5.38. The minimum Gasteiger partial charge on any atom is -0.480 e. The van der Waals surface area contributed by atoms with E-state index in [9.17, 15) is 9.59 Å². The molecule has 3 N–H and O–H groups in total. The highest BCUT2D eigenvalue weighted by molar-refractivity contribution is 5.83. The summed E-state index contributed by atoms with van der Waals surface area (Å²) in [4.78, 5) is 22.7. The smallest absolute Gasteiger partial charge is 0.326 e. The van der Waals surface area contributed by atoms with Gasteiger partial charge in [0.1, 0.15) is 6.04 Å². The molecule has 0 rings (SSSR count). The highest BCUT2D eigenvalue weighted by Crippen LogP contribution is 2.19. The molecule has 0 aliphatic rings. The van der Waals surface area contributed by atoms with Gasteiger partial charge in [-0.05, 0) is 32.1 Å². The molecule has 0 aromatic heterocycles. The lowest BCUT2D eigenvalue weighted by Gasteiger charge is -2.27. The minimum absolute atomic E-state index is 0.217. The molecule has 2 amide bonds. The monoisotopic (exact) mass is 288 g/mol. The van der Waals surface area contributed by atoms with Crippen molar-refractivity contribution >= 4 is 12.0 Å². The van der Waals surface area contributed by atoms with Crippen molar-refractivity contribution < 1.29 is 19.4 Å². The molecule has 0 bridgehead atoms. The van der Waals surface area contributed by atoms with E-state index in [0.717, 1.165) is 12.8 Å². The molecule has 1 atom stereocenters. The van der Waals surface area contributed by atoms with Crippen molar-refractivity contribution in [3.05, 3.63) is 0 Å². The van der Waals surface area contributed by atoms with E-state index in [1.54, 1.807) is 20.8 Å². The van der Waals surface area contributed by atoms with Crippen LogP contribution in [-0.4, -0.2) is 42.4 Å². The van der Waals surface area contributed by atoms with E-state index in [4.69, 9.17) is 9.84 Å². The van der Waals surface area contributed by atoms with Gasteiger partial charge in [0.2, 0.25) is 0 Å². The number of ether oxygens (including phenoxy) is 1. The second-order valence-electron chi connectivity index (χ2n) is 6.16. The highest BCUT2D eigenvalue weighted by Gasteiger charge is 2.32. The number of aliphatic carboxylic acids is 1. The third kappa shape index (κ3) is 8.74. The minimum atomic E-state index is -1.03. The number of carboxylic acids is 1. The molecule has 0 aliphatic carbocycles. The van der Waals surface area contributed by atoms with Gasteiger partial charge in [-0.3, -0.25) is 0 Å². The predicted octanol–water partition coefficient (Wildman–Crippen LogP) is 1.99. The molecule has 0 saturated heterocycles. The van der Waals surface area contributed by atoms with Gasteiger partial charge in [0.15, 0.2) is 0 Å². The zero-order valence-corrected chi connectivity index (χ0v) is 13.2. The molecule has 0 unspecified atom stereocenters. The molecule has 0 saturated carbocycles. The fourth-order valence-corrected chi connectivity index (χ4v) is 1.58. The maximum Gasteiger partial charge on any atom is 0.326 e. The summed E-state index contributed by atoms with van der Waals surface area (Å²) in [6.45, 7) is 10.4. The van der Waals surface area contributed by atoms with Crippen molar-refractivity contribution in [2.24, 2.45) is 5.41 Å². The van der Waals surface area contributed by atoms with E-state index < -0.39 is 23.5 Å². The Kier molecular flexibility index (Phi) is 8.22. The summed E-state index contributed by atoms with van der Waals surface area (Å²) in [5, 5.41) is 14.2. The molecule has 0 heterocycles. The first kappa shape index (κ1) is 18.7. The van der Waals surface area contributed by atoms with Crippen molar-refractivity contribution in [1.29, 1.82) is 0 Å². The average molecular weight is 288 g/mol. The maximum atomic E-state index is 11.6. The van der Waals surface area contributed by atoms with Gasteiger partial charge < -0.3 is 20.5 Å². The van der Waals surface area contributed by atoms with Crippen molar-refractivity contribution in [2.45, 2.75) is 59.6 Å². The molecule has 20 heavy (non-hydrogen) atoms. The summed E-state index contributed by atoms with van der Waals surface area (Å²) in [6, 6.07) is -1.36. The van der Waals surface area contributed by atoms with E-state index >= 15 is 0 Å². The fourth-order valence-electron chi connectivity index (χ4n) is 1.58. The Bertz CT molecular complexity index is 311. The molecular formula is C14H28N2O4. The first-order valence-electron chi connectivity index (χ1n) is 7.03. The fraction of sp³-hybridized carbons (Fsp3) is 0.857. The first-order valence-corrected chi connectivity index (χ1v) is 7.03. The van der Waals surface area contributed by atoms with Gasteiger partial charge in [-0.15, -0.1) is 0 Å². The normalized spacial score (nSPS) is 13.1. The first-order chi connectivity index (χ1) is 9.14. The second kappa shape index (κ2) is 8.79. The summed E-state index contributed by atoms with van der Waals surface area (Å²) >= 11 is 0. The molecular weight excluding hydrogens is 260 g/mol. The van der Waals surface area contributed by atoms with Crippen LogP contribution in [0.4, 0.5) is 4.79 Å². The zero-order valence-electron chi connectivity index (χ0n) is 13.2. The van der Waals surface area contributed by atoms with Crippen molar-refractivity contribution in [3.8, 4) is 0 Å². The van der Waals surface area contributed by atoms with Crippen LogP contribution in [0.1, 0.15) is 47.5 Å². The number of urea groups is 1. The molecule has 0 aliphatic heterocycles. The number of carbonyl (C=O) groups excluding carboxylic acids is 1. The molecule has 0 aromatic rings. The summed E-state index contributed by atoms with van der Waals surface area (Å²) in [5.41, 5.74) is -0.533. The third-order valence-corrected chi connectivity index (χ3v) is 2.70. The summed E-state index contributed by atoms with van der Waals surface area (Å²) in [7, 11) is 0. The predicted molar refractivity (Wildman–Crippen MR) is 77.7 cm³/mol. The Morgan fingerprint density at radius 2 is 1.80 bits per heavy atom. The van der Waals surface area contributed by atoms with E-state index in [1.165, 1.54) is 0 Å². The Balaban J connectivity index is 3.90. The number of carbonyl (C=O) groups is 2. The Labute approximate surface area is 121 Å². The Morgan fingerprint density at radius 3 is 2.25 bits per heavy atom. The largest absolute Gasteiger partial charge is 0.480 e. The van der Waals surface area contributed by atoms with Crippen LogP contribution in [0.3, 0.4) is 0 Å². The van der Waals surface area contributed by atoms with Gasteiger partial charge >= 0.3 is 12.0 Å². The van der Waals surface area contributed by atoms with Gasteiger partial charge in [-0.25, -0.2) is 9.59 Å². The number of unbranched alkanes of at least 4 members (excludes halogenated alkanes) is 1. The average Bonchev–Trinajstić information content (AvgIpc) is 2.28. The van der Waals surface area contributed by atoms with E-state index in [0.29, 0.717) is 13.2 Å². The van der Waals surface area contributed by atoms with Crippen LogP contribution in [0.15, 0.2) is 0 Å². The van der Waals surface area contributed by atoms with E-state index in [1.807, 2.05) is 13.8 Å². The van der Waals surface area contributed by atoms with Gasteiger partial charge in [0.05, 0.1) is 6.10 Å². The van der Waals surface area contributed by atoms with Crippen LogP contribution in [0, 0.1) is 5.41 Å². The SMILES string of the molecule is CC(C)OCCCCNC(=O)N[C@H](C(=O)O)C(C)(C)C. The lowest BCUT2D eigenvalue weighted by molar-refractivity contribution is -0.141. The van der Waals surface area contributed by atoms with Gasteiger partial charge in [0.25, 0.3) is 0 Å².